The molecule has 0 aromatic rings. The molecule has 0 amide bonds. The second-order valence-electron chi connectivity index (χ2n) is 6.37. The van der Waals surface area contributed by atoms with Crippen molar-refractivity contribution in [2.24, 2.45) is 29.6 Å². The van der Waals surface area contributed by atoms with Crippen molar-refractivity contribution in [2.45, 2.75) is 38.5 Å². The van der Waals surface area contributed by atoms with Crippen LogP contribution in [0.2, 0.25) is 0 Å². The van der Waals surface area contributed by atoms with Crippen LogP contribution in [0.25, 0.3) is 0 Å². The van der Waals surface area contributed by atoms with E-state index in [1.165, 1.54) is 32.1 Å². The second-order valence-corrected chi connectivity index (χ2v) is 6.37. The molecule has 0 aromatic heterocycles. The molecule has 4 aliphatic carbocycles. The van der Waals surface area contributed by atoms with Crippen LogP contribution in [0.3, 0.4) is 0 Å². The number of rotatable bonds is 4. The van der Waals surface area contributed by atoms with Crippen molar-refractivity contribution in [3.05, 3.63) is 0 Å². The fraction of sp³-hybridized carbons (Fsp3) is 0.929. The van der Waals surface area contributed by atoms with Gasteiger partial charge in [0.05, 0.1) is 6.54 Å². The van der Waals surface area contributed by atoms with Gasteiger partial charge in [-0.1, -0.05) is 0 Å². The first-order valence-corrected chi connectivity index (χ1v) is 6.92. The minimum atomic E-state index is 0.431. The van der Waals surface area contributed by atoms with Gasteiger partial charge < -0.3 is 5.32 Å². The molecule has 2 nitrogen and oxygen atoms in total. The molecule has 0 saturated heterocycles. The van der Waals surface area contributed by atoms with E-state index >= 15 is 0 Å². The summed E-state index contributed by atoms with van der Waals surface area (Å²) in [5.41, 5.74) is 0. The summed E-state index contributed by atoms with van der Waals surface area (Å²) in [7, 11) is 1.87. The molecule has 16 heavy (non-hydrogen) atoms. The molecule has 0 radical (unpaired) electrons. The highest BCUT2D eigenvalue weighted by Crippen LogP contribution is 2.57. The average Bonchev–Trinajstić information content (AvgIpc) is 2.23. The van der Waals surface area contributed by atoms with Gasteiger partial charge in [-0.05, 0) is 68.7 Å². The third-order valence-corrected chi connectivity index (χ3v) is 5.26. The van der Waals surface area contributed by atoms with E-state index in [0.29, 0.717) is 12.3 Å². The van der Waals surface area contributed by atoms with Crippen LogP contribution in [-0.4, -0.2) is 19.4 Å². The van der Waals surface area contributed by atoms with Gasteiger partial charge in [0.25, 0.3) is 0 Å². The van der Waals surface area contributed by atoms with E-state index in [1.54, 1.807) is 0 Å². The Morgan fingerprint density at radius 3 is 2.12 bits per heavy atom. The van der Waals surface area contributed by atoms with E-state index < -0.39 is 0 Å². The predicted octanol–water partition coefficient (Wildman–Crippen LogP) is 2.24. The molecular formula is C14H23NO. The van der Waals surface area contributed by atoms with E-state index in [2.05, 4.69) is 5.32 Å². The topological polar surface area (TPSA) is 29.1 Å². The van der Waals surface area contributed by atoms with Crippen molar-refractivity contribution in [1.82, 2.24) is 5.32 Å². The van der Waals surface area contributed by atoms with Gasteiger partial charge in [0.15, 0.2) is 0 Å². The van der Waals surface area contributed by atoms with E-state index in [9.17, 15) is 4.79 Å². The lowest BCUT2D eigenvalue weighted by Crippen LogP contribution is -2.46. The standard InChI is InChI=1S/C14H23NO/c1-15-8-13(16)7-14-11-3-9-2-10(5-11)6-12(14)4-9/h9-12,14-15H,2-8H2,1H3. The zero-order valence-corrected chi connectivity index (χ0v) is 10.2. The summed E-state index contributed by atoms with van der Waals surface area (Å²) in [4.78, 5) is 11.8. The van der Waals surface area contributed by atoms with Crippen molar-refractivity contribution in [3.63, 3.8) is 0 Å². The number of hydrogen-bond donors (Lipinski definition) is 1. The Kier molecular flexibility index (Phi) is 2.78. The highest BCUT2D eigenvalue weighted by Gasteiger charge is 2.48. The Hall–Kier alpha value is -0.370. The van der Waals surface area contributed by atoms with Gasteiger partial charge in [-0.2, -0.15) is 0 Å². The third-order valence-electron chi connectivity index (χ3n) is 5.26. The van der Waals surface area contributed by atoms with Crippen molar-refractivity contribution >= 4 is 5.78 Å². The molecule has 4 fully saturated rings. The molecule has 2 heteroatoms. The molecule has 4 aliphatic rings. The highest BCUT2D eigenvalue weighted by atomic mass is 16.1. The first-order chi connectivity index (χ1) is 7.76. The molecule has 0 heterocycles. The maximum Gasteiger partial charge on any atom is 0.146 e. The SMILES string of the molecule is CNCC(=O)CC1C2CC3CC(C2)CC1C3. The molecule has 90 valence electrons. The third kappa shape index (κ3) is 1.81. The van der Waals surface area contributed by atoms with Crippen LogP contribution < -0.4 is 5.32 Å². The summed E-state index contributed by atoms with van der Waals surface area (Å²) in [5.74, 6) is 5.03. The highest BCUT2D eigenvalue weighted by molar-refractivity contribution is 5.80. The monoisotopic (exact) mass is 221 g/mol. The van der Waals surface area contributed by atoms with Gasteiger partial charge in [0.2, 0.25) is 0 Å². The van der Waals surface area contributed by atoms with Crippen molar-refractivity contribution in [2.75, 3.05) is 13.6 Å². The van der Waals surface area contributed by atoms with Crippen LogP contribution in [0.1, 0.15) is 38.5 Å². The van der Waals surface area contributed by atoms with E-state index in [0.717, 1.165) is 36.0 Å². The molecule has 1 N–H and O–H groups in total. The number of carbonyl (C=O) groups excluding carboxylic acids is 1. The molecule has 0 atom stereocenters. The van der Waals surface area contributed by atoms with E-state index in [-0.39, 0.29) is 0 Å². The normalized spacial score (nSPS) is 44.9. The van der Waals surface area contributed by atoms with Crippen LogP contribution in [-0.2, 0) is 4.79 Å². The predicted molar refractivity (Wildman–Crippen MR) is 64.1 cm³/mol. The lowest BCUT2D eigenvalue weighted by atomic mass is 9.51. The largest absolute Gasteiger partial charge is 0.313 e. The number of nitrogens with one attached hydrogen (secondary N) is 1. The Balaban J connectivity index is 1.65. The van der Waals surface area contributed by atoms with Crippen LogP contribution >= 0.6 is 0 Å². The van der Waals surface area contributed by atoms with E-state index in [4.69, 9.17) is 0 Å². The van der Waals surface area contributed by atoms with Gasteiger partial charge in [0, 0.05) is 6.42 Å². The Morgan fingerprint density at radius 2 is 1.62 bits per heavy atom. The number of ketones is 1. The van der Waals surface area contributed by atoms with E-state index in [1.807, 2.05) is 7.05 Å². The number of carbonyl (C=O) groups is 1. The van der Waals surface area contributed by atoms with Gasteiger partial charge in [0.1, 0.15) is 5.78 Å². The lowest BCUT2D eigenvalue weighted by Gasteiger charge is -2.54. The summed E-state index contributed by atoms with van der Waals surface area (Å²) in [6, 6.07) is 0. The molecule has 4 saturated carbocycles. The Morgan fingerprint density at radius 1 is 1.06 bits per heavy atom. The summed E-state index contributed by atoms with van der Waals surface area (Å²) < 4.78 is 0. The zero-order valence-electron chi connectivity index (χ0n) is 10.2. The summed E-state index contributed by atoms with van der Waals surface area (Å²) in [5, 5.41) is 2.99. The lowest BCUT2D eigenvalue weighted by molar-refractivity contribution is -0.123. The van der Waals surface area contributed by atoms with Crippen LogP contribution in [0.4, 0.5) is 0 Å². The zero-order chi connectivity index (χ0) is 11.1. The van der Waals surface area contributed by atoms with Crippen LogP contribution in [0.5, 0.6) is 0 Å². The molecule has 0 unspecified atom stereocenters. The number of likely N-dealkylation sites (N-methyl/N-ethyl adjacent to an activating group) is 1. The Labute approximate surface area is 98.2 Å². The average molecular weight is 221 g/mol. The number of Topliss-reactive ketones (excluding diaryl/α,β-unsaturated/α-hetero) is 1. The summed E-state index contributed by atoms with van der Waals surface area (Å²) >= 11 is 0. The van der Waals surface area contributed by atoms with Gasteiger partial charge in [-0.3, -0.25) is 4.79 Å². The first-order valence-electron chi connectivity index (χ1n) is 6.92. The minimum absolute atomic E-state index is 0.431. The minimum Gasteiger partial charge on any atom is -0.313 e. The van der Waals surface area contributed by atoms with Crippen molar-refractivity contribution in [1.29, 1.82) is 0 Å². The van der Waals surface area contributed by atoms with Crippen molar-refractivity contribution in [3.8, 4) is 0 Å². The molecule has 0 spiro atoms. The molecule has 0 aliphatic heterocycles. The molecule has 4 bridgehead atoms. The molecular weight excluding hydrogens is 198 g/mol. The number of hydrogen-bond acceptors (Lipinski definition) is 2. The van der Waals surface area contributed by atoms with Crippen LogP contribution in [0, 0.1) is 29.6 Å². The fourth-order valence-corrected chi connectivity index (χ4v) is 4.90. The quantitative estimate of drug-likeness (QED) is 0.789. The molecule has 0 aromatic carbocycles. The van der Waals surface area contributed by atoms with Crippen molar-refractivity contribution < 1.29 is 4.79 Å². The Bertz CT molecular complexity index is 258. The fourth-order valence-electron chi connectivity index (χ4n) is 4.90. The van der Waals surface area contributed by atoms with Gasteiger partial charge in [-0.25, -0.2) is 0 Å². The maximum absolute atomic E-state index is 11.8. The van der Waals surface area contributed by atoms with Gasteiger partial charge in [-0.15, -0.1) is 0 Å². The second kappa shape index (κ2) is 4.14. The molecule has 4 rings (SSSR count). The summed E-state index contributed by atoms with van der Waals surface area (Å²) in [6.45, 7) is 0.572. The summed E-state index contributed by atoms with van der Waals surface area (Å²) in [6.07, 6.45) is 8.10. The van der Waals surface area contributed by atoms with Crippen LogP contribution in [0.15, 0.2) is 0 Å². The first kappa shape index (κ1) is 10.8. The smallest absolute Gasteiger partial charge is 0.146 e. The maximum atomic E-state index is 11.8. The van der Waals surface area contributed by atoms with Gasteiger partial charge >= 0.3 is 0 Å².